The van der Waals surface area contributed by atoms with Crippen LogP contribution in [-0.4, -0.2) is 44.7 Å². The number of ether oxygens (including phenoxy) is 1. The Balaban J connectivity index is 1.51. The standard InChI is InChI=1S/C21H34O5/c1-2-3-4-7-15(22)9-10-16-17-12-20(11-6-5-8-19(24)25)14-21(17,26-20)13-18(16)23/h9-10,15-18,22-23H,2-8,11-14H2,1H3,(H,24,25)/b10-9+/t15-,16+,17+,18+,20?,21+/m0/s1. The van der Waals surface area contributed by atoms with Gasteiger partial charge in [-0.05, 0) is 31.6 Å². The molecule has 2 saturated carbocycles. The van der Waals surface area contributed by atoms with Gasteiger partial charge < -0.3 is 20.1 Å². The highest BCUT2D eigenvalue weighted by Gasteiger charge is 2.72. The normalized spacial score (nSPS) is 39.1. The summed E-state index contributed by atoms with van der Waals surface area (Å²) in [5, 5.41) is 29.4. The molecule has 26 heavy (non-hydrogen) atoms. The summed E-state index contributed by atoms with van der Waals surface area (Å²) in [6.45, 7) is 2.15. The molecule has 0 amide bonds. The van der Waals surface area contributed by atoms with E-state index in [-0.39, 0.29) is 29.6 Å². The molecule has 2 heterocycles. The number of aliphatic hydroxyl groups is 2. The fourth-order valence-corrected chi connectivity index (χ4v) is 5.57. The average molecular weight is 366 g/mol. The second kappa shape index (κ2) is 7.99. The predicted molar refractivity (Wildman–Crippen MR) is 98.8 cm³/mol. The molecular weight excluding hydrogens is 332 g/mol. The zero-order valence-electron chi connectivity index (χ0n) is 15.9. The second-order valence-electron chi connectivity index (χ2n) is 8.73. The zero-order valence-corrected chi connectivity index (χ0v) is 15.9. The molecule has 0 aromatic rings. The van der Waals surface area contributed by atoms with E-state index in [1.54, 1.807) is 0 Å². The van der Waals surface area contributed by atoms with Gasteiger partial charge in [0.25, 0.3) is 0 Å². The van der Waals surface area contributed by atoms with E-state index >= 15 is 0 Å². The maximum absolute atomic E-state index is 10.6. The largest absolute Gasteiger partial charge is 0.481 e. The summed E-state index contributed by atoms with van der Waals surface area (Å²) < 4.78 is 6.34. The summed E-state index contributed by atoms with van der Waals surface area (Å²) in [4.78, 5) is 10.6. The molecule has 4 rings (SSSR count). The number of aliphatic carboxylic acids is 1. The average Bonchev–Trinajstić information content (AvgIpc) is 3.10. The molecule has 5 heteroatoms. The van der Waals surface area contributed by atoms with Crippen molar-refractivity contribution in [3.63, 3.8) is 0 Å². The van der Waals surface area contributed by atoms with Crippen LogP contribution in [0.1, 0.15) is 77.6 Å². The number of hydrogen-bond donors (Lipinski definition) is 3. The Hall–Kier alpha value is -0.910. The van der Waals surface area contributed by atoms with Crippen molar-refractivity contribution in [2.24, 2.45) is 11.8 Å². The Morgan fingerprint density at radius 1 is 1.27 bits per heavy atom. The summed E-state index contributed by atoms with van der Waals surface area (Å²) in [6, 6.07) is 0. The van der Waals surface area contributed by atoms with E-state index in [9.17, 15) is 15.0 Å². The summed E-state index contributed by atoms with van der Waals surface area (Å²) in [6.07, 6.45) is 12.6. The van der Waals surface area contributed by atoms with Crippen LogP contribution in [0.15, 0.2) is 12.2 Å². The molecule has 148 valence electrons. The van der Waals surface area contributed by atoms with Crippen LogP contribution in [0.2, 0.25) is 0 Å². The third-order valence-corrected chi connectivity index (χ3v) is 6.70. The highest BCUT2D eigenvalue weighted by Crippen LogP contribution is 2.68. The number of carboxylic acids is 1. The number of aliphatic hydroxyl groups excluding tert-OH is 2. The molecule has 4 aliphatic rings. The van der Waals surface area contributed by atoms with Crippen LogP contribution in [0.3, 0.4) is 0 Å². The fourth-order valence-electron chi connectivity index (χ4n) is 5.57. The molecule has 0 aromatic carbocycles. The van der Waals surface area contributed by atoms with Crippen LogP contribution in [0.4, 0.5) is 0 Å². The predicted octanol–water partition coefficient (Wildman–Crippen LogP) is 3.43. The van der Waals surface area contributed by atoms with E-state index in [1.807, 2.05) is 12.2 Å². The number of carboxylic acid groups (broad SMARTS) is 1. The van der Waals surface area contributed by atoms with Crippen molar-refractivity contribution < 1.29 is 24.9 Å². The monoisotopic (exact) mass is 366 g/mol. The maximum Gasteiger partial charge on any atom is 0.303 e. The quantitative estimate of drug-likeness (QED) is 0.385. The molecule has 2 bridgehead atoms. The van der Waals surface area contributed by atoms with Gasteiger partial charge in [-0.2, -0.15) is 0 Å². The van der Waals surface area contributed by atoms with E-state index in [4.69, 9.17) is 9.84 Å². The van der Waals surface area contributed by atoms with E-state index in [0.29, 0.717) is 18.8 Å². The lowest BCUT2D eigenvalue weighted by Crippen LogP contribution is -2.51. The van der Waals surface area contributed by atoms with Gasteiger partial charge in [0.2, 0.25) is 0 Å². The van der Waals surface area contributed by atoms with Gasteiger partial charge in [0.05, 0.1) is 23.4 Å². The molecule has 5 nitrogen and oxygen atoms in total. The molecule has 2 aliphatic carbocycles. The van der Waals surface area contributed by atoms with Crippen molar-refractivity contribution in [3.8, 4) is 0 Å². The molecule has 2 aliphatic heterocycles. The number of rotatable bonds is 11. The minimum atomic E-state index is -0.734. The SMILES string of the molecule is CCCCC[C@H](O)/C=C/[C@H]1[C@H](O)C[C@@]23CC(CCCCC(=O)O)(C[C@H]12)O3. The molecule has 0 radical (unpaired) electrons. The third kappa shape index (κ3) is 4.00. The highest BCUT2D eigenvalue weighted by atomic mass is 16.6. The van der Waals surface area contributed by atoms with E-state index in [1.165, 1.54) is 0 Å². The van der Waals surface area contributed by atoms with Crippen molar-refractivity contribution >= 4 is 5.97 Å². The lowest BCUT2D eigenvalue weighted by Gasteiger charge is -2.48. The van der Waals surface area contributed by atoms with Gasteiger partial charge in [0.1, 0.15) is 0 Å². The molecular formula is C21H34O5. The maximum atomic E-state index is 10.6. The van der Waals surface area contributed by atoms with Gasteiger partial charge in [0, 0.05) is 25.2 Å². The number of carbonyl (C=O) groups is 1. The van der Waals surface area contributed by atoms with Crippen molar-refractivity contribution in [1.29, 1.82) is 0 Å². The first-order chi connectivity index (χ1) is 12.4. The molecule has 2 saturated heterocycles. The van der Waals surface area contributed by atoms with Gasteiger partial charge in [0.15, 0.2) is 0 Å². The Bertz CT molecular complexity index is 522. The molecule has 1 unspecified atom stereocenters. The summed E-state index contributed by atoms with van der Waals surface area (Å²) in [5.41, 5.74) is -0.260. The van der Waals surface area contributed by atoms with Crippen molar-refractivity contribution in [2.75, 3.05) is 0 Å². The van der Waals surface area contributed by atoms with Crippen LogP contribution >= 0.6 is 0 Å². The Morgan fingerprint density at radius 2 is 2.04 bits per heavy atom. The van der Waals surface area contributed by atoms with Crippen LogP contribution in [0.25, 0.3) is 0 Å². The minimum Gasteiger partial charge on any atom is -0.481 e. The third-order valence-electron chi connectivity index (χ3n) is 6.70. The Morgan fingerprint density at radius 3 is 2.73 bits per heavy atom. The first-order valence-corrected chi connectivity index (χ1v) is 10.4. The summed E-state index contributed by atoms with van der Waals surface area (Å²) in [5.74, 6) is -0.335. The summed E-state index contributed by atoms with van der Waals surface area (Å²) >= 11 is 0. The summed E-state index contributed by atoms with van der Waals surface area (Å²) in [7, 11) is 0. The zero-order chi connectivity index (χ0) is 18.8. The minimum absolute atomic E-state index is 0.0687. The topological polar surface area (TPSA) is 87.0 Å². The first kappa shape index (κ1) is 19.8. The van der Waals surface area contributed by atoms with Crippen LogP contribution in [0, 0.1) is 11.8 Å². The molecule has 1 spiro atoms. The van der Waals surface area contributed by atoms with Crippen LogP contribution in [0.5, 0.6) is 0 Å². The molecule has 0 aromatic heterocycles. The van der Waals surface area contributed by atoms with Crippen LogP contribution in [-0.2, 0) is 9.53 Å². The number of hydrogen-bond acceptors (Lipinski definition) is 4. The molecule has 4 fully saturated rings. The smallest absolute Gasteiger partial charge is 0.303 e. The van der Waals surface area contributed by atoms with Gasteiger partial charge >= 0.3 is 5.97 Å². The van der Waals surface area contributed by atoms with Crippen molar-refractivity contribution in [3.05, 3.63) is 12.2 Å². The van der Waals surface area contributed by atoms with E-state index < -0.39 is 12.1 Å². The number of unbranched alkanes of at least 4 members (excludes halogenated alkanes) is 3. The Kier molecular flexibility index (Phi) is 6.10. The molecule has 3 N–H and O–H groups in total. The highest BCUT2D eigenvalue weighted by molar-refractivity contribution is 5.66. The van der Waals surface area contributed by atoms with E-state index in [0.717, 1.165) is 51.4 Å². The van der Waals surface area contributed by atoms with E-state index in [2.05, 4.69) is 6.92 Å². The Labute approximate surface area is 156 Å². The van der Waals surface area contributed by atoms with Crippen LogP contribution < -0.4 is 0 Å². The molecule has 6 atom stereocenters. The van der Waals surface area contributed by atoms with Crippen molar-refractivity contribution in [1.82, 2.24) is 0 Å². The van der Waals surface area contributed by atoms with Crippen molar-refractivity contribution in [2.45, 2.75) is 101 Å². The second-order valence-corrected chi connectivity index (χ2v) is 8.73. The first-order valence-electron chi connectivity index (χ1n) is 10.4. The lowest BCUT2D eigenvalue weighted by atomic mass is 9.83. The lowest BCUT2D eigenvalue weighted by molar-refractivity contribution is -0.230. The van der Waals surface area contributed by atoms with Gasteiger partial charge in [-0.3, -0.25) is 4.79 Å². The fraction of sp³-hybridized carbons (Fsp3) is 0.857. The van der Waals surface area contributed by atoms with Gasteiger partial charge in [-0.25, -0.2) is 0 Å². The van der Waals surface area contributed by atoms with Gasteiger partial charge in [-0.1, -0.05) is 44.8 Å². The van der Waals surface area contributed by atoms with Gasteiger partial charge in [-0.15, -0.1) is 0 Å².